The summed E-state index contributed by atoms with van der Waals surface area (Å²) >= 11 is 7.71. The van der Waals surface area contributed by atoms with E-state index < -0.39 is 12.0 Å². The number of rotatable bonds is 9. The van der Waals surface area contributed by atoms with Gasteiger partial charge in [-0.05, 0) is 54.8 Å². The summed E-state index contributed by atoms with van der Waals surface area (Å²) in [6.07, 6.45) is 1.82. The molecule has 0 saturated carbocycles. The first kappa shape index (κ1) is 29.4. The van der Waals surface area contributed by atoms with Crippen LogP contribution in [-0.2, 0) is 9.53 Å². The van der Waals surface area contributed by atoms with Gasteiger partial charge in [-0.3, -0.25) is 9.36 Å². The minimum Gasteiger partial charge on any atom is -0.496 e. The third-order valence-electron chi connectivity index (χ3n) is 6.62. The molecule has 0 unspecified atom stereocenters. The Bertz CT molecular complexity index is 1810. The molecule has 1 aromatic heterocycles. The number of benzene rings is 3. The molecule has 0 fully saturated rings. The van der Waals surface area contributed by atoms with Crippen molar-refractivity contribution in [3.63, 3.8) is 0 Å². The number of fused-ring (bicyclic) bond motifs is 1. The number of ether oxygens (including phenoxy) is 3. The number of hydrogen-bond acceptors (Lipinski definition) is 7. The molecule has 3 aromatic carbocycles. The van der Waals surface area contributed by atoms with Crippen LogP contribution in [0.5, 0.6) is 11.5 Å². The van der Waals surface area contributed by atoms with E-state index in [0.29, 0.717) is 43.9 Å². The van der Waals surface area contributed by atoms with E-state index in [-0.39, 0.29) is 17.7 Å². The zero-order valence-electron chi connectivity index (χ0n) is 23.8. The minimum atomic E-state index is -0.891. The van der Waals surface area contributed by atoms with Crippen molar-refractivity contribution < 1.29 is 19.0 Å². The van der Waals surface area contributed by atoms with Gasteiger partial charge < -0.3 is 14.2 Å². The summed E-state index contributed by atoms with van der Waals surface area (Å²) in [5.41, 5.74) is 2.48. The van der Waals surface area contributed by atoms with Gasteiger partial charge >= 0.3 is 5.97 Å². The highest BCUT2D eigenvalue weighted by atomic mass is 35.5. The zero-order valence-corrected chi connectivity index (χ0v) is 25.4. The highest BCUT2D eigenvalue weighted by Crippen LogP contribution is 2.39. The summed E-state index contributed by atoms with van der Waals surface area (Å²) in [5, 5.41) is 0.439. The van der Waals surface area contributed by atoms with E-state index in [9.17, 15) is 9.59 Å². The standard InChI is InChI=1S/C33H31ClN2O5S/c1-5-40-32(38)28-29(22-9-7-6-8-10-22)35-33-36(30(28)25-18-23(34)13-16-26(25)39-4)31(37)27(42-33)17-21-11-14-24(15-12-21)41-19-20(2)3/h6-18,20,30H,5,19H2,1-4H3/b27-17-/t30-/m0/s1. The third-order valence-corrected chi connectivity index (χ3v) is 7.84. The molecular formula is C33H31ClN2O5S. The minimum absolute atomic E-state index is 0.158. The van der Waals surface area contributed by atoms with Crippen molar-refractivity contribution in [2.24, 2.45) is 10.9 Å². The predicted molar refractivity (Wildman–Crippen MR) is 166 cm³/mol. The van der Waals surface area contributed by atoms with Crippen LogP contribution in [0, 0.1) is 5.92 Å². The van der Waals surface area contributed by atoms with Crippen LogP contribution < -0.4 is 24.4 Å². The van der Waals surface area contributed by atoms with Crippen molar-refractivity contribution in [2.45, 2.75) is 26.8 Å². The molecule has 0 radical (unpaired) electrons. The summed E-state index contributed by atoms with van der Waals surface area (Å²) in [6.45, 7) is 6.71. The molecule has 0 N–H and O–H groups in total. The molecule has 0 aliphatic carbocycles. The van der Waals surface area contributed by atoms with E-state index in [1.165, 1.54) is 23.0 Å². The van der Waals surface area contributed by atoms with E-state index in [0.717, 1.165) is 16.9 Å². The molecule has 1 aliphatic heterocycles. The molecule has 1 atom stereocenters. The van der Waals surface area contributed by atoms with Crippen molar-refractivity contribution in [1.82, 2.24) is 4.57 Å². The summed E-state index contributed by atoms with van der Waals surface area (Å²) < 4.78 is 19.0. The van der Waals surface area contributed by atoms with Gasteiger partial charge in [-0.1, -0.05) is 79.2 Å². The molecule has 216 valence electrons. The number of methoxy groups -OCH3 is 1. The van der Waals surface area contributed by atoms with E-state index >= 15 is 0 Å². The van der Waals surface area contributed by atoms with Gasteiger partial charge in [-0.25, -0.2) is 9.79 Å². The highest BCUT2D eigenvalue weighted by Gasteiger charge is 2.36. The van der Waals surface area contributed by atoms with Crippen molar-refractivity contribution >= 4 is 40.7 Å². The van der Waals surface area contributed by atoms with Gasteiger partial charge in [-0.15, -0.1) is 0 Å². The fraction of sp³-hybridized carbons (Fsp3) is 0.242. The number of nitrogens with zero attached hydrogens (tertiary/aromatic N) is 2. The van der Waals surface area contributed by atoms with Crippen LogP contribution in [0.25, 0.3) is 11.8 Å². The normalized spacial score (nSPS) is 14.9. The van der Waals surface area contributed by atoms with E-state index in [1.54, 1.807) is 25.1 Å². The van der Waals surface area contributed by atoms with Crippen LogP contribution in [-0.4, -0.2) is 30.9 Å². The number of thiazole rings is 1. The van der Waals surface area contributed by atoms with Crippen LogP contribution >= 0.6 is 22.9 Å². The maximum atomic E-state index is 14.1. The third kappa shape index (κ3) is 6.05. The van der Waals surface area contributed by atoms with Gasteiger partial charge in [0, 0.05) is 16.1 Å². The summed E-state index contributed by atoms with van der Waals surface area (Å²) in [6, 6.07) is 21.2. The molecule has 5 rings (SSSR count). The lowest BCUT2D eigenvalue weighted by Gasteiger charge is -2.27. The number of aromatic nitrogens is 1. The summed E-state index contributed by atoms with van der Waals surface area (Å²) in [5.74, 6) is 1.09. The van der Waals surface area contributed by atoms with Gasteiger partial charge in [0.2, 0.25) is 0 Å². The second-order valence-corrected chi connectivity index (χ2v) is 11.5. The topological polar surface area (TPSA) is 79.1 Å². The SMILES string of the molecule is CCOC(=O)C1=C(c2ccccc2)N=c2s/c(=C\c3ccc(OCC(C)C)cc3)c(=O)n2[C@H]1c1cc(Cl)ccc1OC. The van der Waals surface area contributed by atoms with Crippen LogP contribution in [0.3, 0.4) is 0 Å². The lowest BCUT2D eigenvalue weighted by molar-refractivity contribution is -0.138. The molecule has 0 spiro atoms. The quantitative estimate of drug-likeness (QED) is 0.232. The Kier molecular flexibility index (Phi) is 8.94. The monoisotopic (exact) mass is 602 g/mol. The van der Waals surface area contributed by atoms with Crippen LogP contribution in [0.1, 0.15) is 43.5 Å². The van der Waals surface area contributed by atoms with E-state index in [4.69, 9.17) is 30.8 Å². The largest absolute Gasteiger partial charge is 0.496 e. The Hall–Kier alpha value is -4.14. The Labute approximate surface area is 253 Å². The second-order valence-electron chi connectivity index (χ2n) is 10.1. The number of carbonyl (C=O) groups is 1. The molecule has 4 aromatic rings. The molecule has 2 heterocycles. The van der Waals surface area contributed by atoms with Crippen molar-refractivity contribution in [1.29, 1.82) is 0 Å². The first-order valence-electron chi connectivity index (χ1n) is 13.7. The second kappa shape index (κ2) is 12.8. The Balaban J connectivity index is 1.75. The van der Waals surface area contributed by atoms with Gasteiger partial charge in [0.05, 0.1) is 36.1 Å². The first-order chi connectivity index (χ1) is 20.3. The maximum Gasteiger partial charge on any atom is 0.338 e. The molecule has 9 heteroatoms. The van der Waals surface area contributed by atoms with Gasteiger partial charge in [-0.2, -0.15) is 0 Å². The molecule has 1 aliphatic rings. The Morgan fingerprint density at radius 1 is 1.10 bits per heavy atom. The Morgan fingerprint density at radius 3 is 2.50 bits per heavy atom. The smallest absolute Gasteiger partial charge is 0.338 e. The fourth-order valence-electron chi connectivity index (χ4n) is 4.73. The summed E-state index contributed by atoms with van der Waals surface area (Å²) in [7, 11) is 1.54. The number of halogens is 1. The van der Waals surface area contributed by atoms with Gasteiger partial charge in [0.15, 0.2) is 4.80 Å². The zero-order chi connectivity index (χ0) is 29.8. The first-order valence-corrected chi connectivity index (χ1v) is 14.8. The molecule has 42 heavy (non-hydrogen) atoms. The molecule has 0 saturated heterocycles. The predicted octanol–water partition coefficient (Wildman–Crippen LogP) is 5.63. The number of carbonyl (C=O) groups excluding carboxylic acids is 1. The molecule has 7 nitrogen and oxygen atoms in total. The average molecular weight is 603 g/mol. The number of hydrogen-bond donors (Lipinski definition) is 0. The molecular weight excluding hydrogens is 572 g/mol. The Morgan fingerprint density at radius 2 is 1.83 bits per heavy atom. The van der Waals surface area contributed by atoms with Crippen LogP contribution in [0.15, 0.2) is 88.2 Å². The highest BCUT2D eigenvalue weighted by molar-refractivity contribution is 7.07. The van der Waals surface area contributed by atoms with Crippen molar-refractivity contribution in [3.05, 3.63) is 120 Å². The van der Waals surface area contributed by atoms with Gasteiger partial charge in [0.1, 0.15) is 17.5 Å². The van der Waals surface area contributed by atoms with E-state index in [1.807, 2.05) is 60.7 Å². The van der Waals surface area contributed by atoms with Crippen molar-refractivity contribution in [3.8, 4) is 11.5 Å². The average Bonchev–Trinajstić information content (AvgIpc) is 3.30. The fourth-order valence-corrected chi connectivity index (χ4v) is 5.91. The lowest BCUT2D eigenvalue weighted by Crippen LogP contribution is -2.40. The molecule has 0 bridgehead atoms. The maximum absolute atomic E-state index is 14.1. The van der Waals surface area contributed by atoms with E-state index in [2.05, 4.69) is 13.8 Å². The lowest BCUT2D eigenvalue weighted by atomic mass is 9.92. The van der Waals surface area contributed by atoms with Gasteiger partial charge in [0.25, 0.3) is 5.56 Å². The molecule has 0 amide bonds. The van der Waals surface area contributed by atoms with Crippen LogP contribution in [0.2, 0.25) is 5.02 Å². The summed E-state index contributed by atoms with van der Waals surface area (Å²) in [4.78, 5) is 33.1. The number of esters is 1. The van der Waals surface area contributed by atoms with Crippen LogP contribution in [0.4, 0.5) is 0 Å². The van der Waals surface area contributed by atoms with Crippen molar-refractivity contribution in [2.75, 3.05) is 20.3 Å².